The van der Waals surface area contributed by atoms with E-state index >= 15 is 0 Å². The Hall–Kier alpha value is -0.300. The van der Waals surface area contributed by atoms with Crippen LogP contribution in [0.3, 0.4) is 0 Å². The molecule has 0 N–H and O–H groups in total. The maximum atomic E-state index is 10.7. The van der Waals surface area contributed by atoms with Crippen LogP contribution in [0.15, 0.2) is 17.5 Å². The highest BCUT2D eigenvalue weighted by molar-refractivity contribution is 8.31. The number of thiophene rings is 1. The molecule has 0 spiro atoms. The summed E-state index contributed by atoms with van der Waals surface area (Å²) in [6, 6.07) is 3.55. The highest BCUT2D eigenvalue weighted by Crippen LogP contribution is 2.08. The molecule has 8 heteroatoms. The van der Waals surface area contributed by atoms with E-state index in [4.69, 9.17) is 8.42 Å². The number of methoxy groups -OCH3 is 1. The van der Waals surface area contributed by atoms with Gasteiger partial charge in [-0.2, -0.15) is 8.42 Å². The molecule has 0 amide bonds. The Bertz CT molecular complexity index is 363. The van der Waals surface area contributed by atoms with Crippen LogP contribution in [0.25, 0.3) is 0 Å². The minimum atomic E-state index is -3.72. The molecule has 1 aromatic heterocycles. The number of esters is 1. The van der Waals surface area contributed by atoms with Crippen molar-refractivity contribution >= 4 is 46.9 Å². The van der Waals surface area contributed by atoms with E-state index in [0.29, 0.717) is 4.88 Å². The molecule has 4 nitrogen and oxygen atoms in total. The van der Waals surface area contributed by atoms with Gasteiger partial charge < -0.3 is 4.74 Å². The third-order valence-electron chi connectivity index (χ3n) is 0.908. The van der Waals surface area contributed by atoms with Gasteiger partial charge in [-0.1, -0.05) is 6.07 Å². The molecule has 14 heavy (non-hydrogen) atoms. The van der Waals surface area contributed by atoms with E-state index < -0.39 is 8.26 Å². The van der Waals surface area contributed by atoms with E-state index in [2.05, 4.69) is 26.1 Å². The quantitative estimate of drug-likeness (QED) is 0.583. The number of halogens is 2. The van der Waals surface area contributed by atoms with Gasteiger partial charge in [0.25, 0.3) is 0 Å². The maximum absolute atomic E-state index is 10.7. The van der Waals surface area contributed by atoms with Crippen LogP contribution in [0, 0.1) is 0 Å². The van der Waals surface area contributed by atoms with Gasteiger partial charge in [0.15, 0.2) is 0 Å². The highest BCUT2D eigenvalue weighted by atomic mass is 36.0. The largest absolute Gasteiger partial charge is 0.465 e. The fourth-order valence-electron chi connectivity index (χ4n) is 0.495. The first-order valence-electron chi connectivity index (χ1n) is 3.10. The molecule has 0 bridgehead atoms. The van der Waals surface area contributed by atoms with Crippen LogP contribution >= 0.6 is 32.7 Å². The van der Waals surface area contributed by atoms with Crippen molar-refractivity contribution in [1.82, 2.24) is 0 Å². The first-order chi connectivity index (χ1) is 6.34. The minimum Gasteiger partial charge on any atom is -0.465 e. The van der Waals surface area contributed by atoms with Crippen molar-refractivity contribution in [3.05, 3.63) is 22.4 Å². The second-order valence-electron chi connectivity index (χ2n) is 1.85. The average Bonchev–Trinajstić information content (AvgIpc) is 2.51. The maximum Gasteiger partial charge on any atom is 0.348 e. The molecule has 0 unspecified atom stereocenters. The molecule has 0 atom stereocenters. The van der Waals surface area contributed by atoms with Crippen LogP contribution in [0.5, 0.6) is 0 Å². The molecule has 0 aliphatic rings. The topological polar surface area (TPSA) is 60.4 Å². The summed E-state index contributed by atoms with van der Waals surface area (Å²) < 4.78 is 22.8. The molecule has 1 heterocycles. The molecule has 1 aromatic rings. The summed E-state index contributed by atoms with van der Waals surface area (Å²) in [4.78, 5) is 11.3. The zero-order valence-electron chi connectivity index (χ0n) is 6.94. The fourth-order valence-corrected chi connectivity index (χ4v) is 1.14. The lowest BCUT2D eigenvalue weighted by atomic mass is 10.5. The van der Waals surface area contributed by atoms with Gasteiger partial charge in [0.05, 0.1) is 7.11 Å². The van der Waals surface area contributed by atoms with E-state index in [-0.39, 0.29) is 5.97 Å². The van der Waals surface area contributed by atoms with Gasteiger partial charge in [0, 0.05) is 21.4 Å². The number of hydrogen-bond acceptors (Lipinski definition) is 5. The Morgan fingerprint density at radius 2 is 2.00 bits per heavy atom. The minimum absolute atomic E-state index is 0.259. The molecule has 0 radical (unpaired) electrons. The van der Waals surface area contributed by atoms with Crippen molar-refractivity contribution < 1.29 is 17.9 Å². The number of hydrogen-bond donors (Lipinski definition) is 0. The van der Waals surface area contributed by atoms with Crippen LogP contribution in [-0.4, -0.2) is 21.5 Å². The van der Waals surface area contributed by atoms with Crippen LogP contribution in [0.2, 0.25) is 0 Å². The van der Waals surface area contributed by atoms with Gasteiger partial charge in [0.2, 0.25) is 0 Å². The van der Waals surface area contributed by atoms with E-state index in [1.807, 2.05) is 11.4 Å². The van der Waals surface area contributed by atoms with Crippen molar-refractivity contribution in [3.63, 3.8) is 0 Å². The highest BCUT2D eigenvalue weighted by Gasteiger charge is 2.03. The Morgan fingerprint density at radius 3 is 2.29 bits per heavy atom. The van der Waals surface area contributed by atoms with Gasteiger partial charge in [-0.3, -0.25) is 0 Å². The molecule has 0 aromatic carbocycles. The first-order valence-corrected chi connectivity index (χ1v) is 7.12. The third kappa shape index (κ3) is 8.31. The zero-order valence-corrected chi connectivity index (χ0v) is 10.1. The summed E-state index contributed by atoms with van der Waals surface area (Å²) in [7, 11) is 6.19. The van der Waals surface area contributed by atoms with E-state index in [0.717, 1.165) is 0 Å². The molecule has 0 aliphatic heterocycles. The first kappa shape index (κ1) is 13.7. The number of ether oxygens (including phenoxy) is 1. The van der Waals surface area contributed by atoms with Gasteiger partial charge in [-0.25, -0.2) is 4.79 Å². The van der Waals surface area contributed by atoms with Crippen molar-refractivity contribution in [2.75, 3.05) is 7.11 Å². The summed E-state index contributed by atoms with van der Waals surface area (Å²) in [5.74, 6) is -0.259. The normalized spacial score (nSPS) is 9.93. The third-order valence-corrected chi connectivity index (χ3v) is 1.76. The molecule has 0 fully saturated rings. The lowest BCUT2D eigenvalue weighted by molar-refractivity contribution is 0.0606. The van der Waals surface area contributed by atoms with Gasteiger partial charge in [0.1, 0.15) is 4.88 Å². The molecular weight excluding hydrogens is 271 g/mol. The van der Waals surface area contributed by atoms with Crippen molar-refractivity contribution in [1.29, 1.82) is 0 Å². The van der Waals surface area contributed by atoms with Gasteiger partial charge in [-0.15, -0.1) is 11.3 Å². The number of carbonyl (C=O) groups excluding carboxylic acids is 1. The SMILES string of the molecule is COC(=O)c1cccs1.O=S(=O)(Cl)Cl. The fraction of sp³-hybridized carbons (Fsp3) is 0.167. The van der Waals surface area contributed by atoms with Crippen molar-refractivity contribution in [3.8, 4) is 0 Å². The smallest absolute Gasteiger partial charge is 0.348 e. The lowest BCUT2D eigenvalue weighted by Gasteiger charge is -1.90. The number of carbonyl (C=O) groups is 1. The van der Waals surface area contributed by atoms with E-state index in [1.165, 1.54) is 18.4 Å². The summed E-state index contributed by atoms with van der Waals surface area (Å²) in [5, 5.41) is 1.84. The predicted molar refractivity (Wildman–Crippen MR) is 56.3 cm³/mol. The summed E-state index contributed by atoms with van der Waals surface area (Å²) in [5.41, 5.74) is 0. The standard InChI is InChI=1S/C6H6O2S.Cl2O2S/c1-8-6(7)5-3-2-4-9-5;1-5(2,3)4/h2-4H,1H3;. The van der Waals surface area contributed by atoms with Crippen molar-refractivity contribution in [2.45, 2.75) is 0 Å². The zero-order chi connectivity index (χ0) is 11.2. The second kappa shape index (κ2) is 6.23. The second-order valence-corrected chi connectivity index (χ2v) is 6.46. The Balaban J connectivity index is 0.000000292. The summed E-state index contributed by atoms with van der Waals surface area (Å²) in [6.45, 7) is 0. The van der Waals surface area contributed by atoms with Gasteiger partial charge >= 0.3 is 14.2 Å². The molecule has 1 rings (SSSR count). The summed E-state index contributed by atoms with van der Waals surface area (Å²) in [6.07, 6.45) is 0. The Kier molecular flexibility index (Phi) is 6.10. The monoisotopic (exact) mass is 276 g/mol. The molecule has 0 saturated heterocycles. The van der Waals surface area contributed by atoms with Crippen LogP contribution in [0.1, 0.15) is 9.67 Å². The van der Waals surface area contributed by atoms with E-state index in [1.54, 1.807) is 6.07 Å². The van der Waals surface area contributed by atoms with E-state index in [9.17, 15) is 4.79 Å². The molecular formula is C6H6Cl2O4S2. The van der Waals surface area contributed by atoms with Crippen LogP contribution < -0.4 is 0 Å². The molecule has 0 saturated carbocycles. The average molecular weight is 277 g/mol. The molecule has 0 aliphatic carbocycles. The van der Waals surface area contributed by atoms with Crippen molar-refractivity contribution in [2.24, 2.45) is 0 Å². The Labute approximate surface area is 94.3 Å². The van der Waals surface area contributed by atoms with Crippen LogP contribution in [0.4, 0.5) is 0 Å². The number of rotatable bonds is 1. The lowest BCUT2D eigenvalue weighted by Crippen LogP contribution is -1.96. The van der Waals surface area contributed by atoms with Gasteiger partial charge in [-0.05, 0) is 11.4 Å². The molecule has 80 valence electrons. The Morgan fingerprint density at radius 1 is 1.50 bits per heavy atom. The van der Waals surface area contributed by atoms with Crippen LogP contribution in [-0.2, 0) is 13.0 Å². The predicted octanol–water partition coefficient (Wildman–Crippen LogP) is 2.24. The summed E-state index contributed by atoms with van der Waals surface area (Å²) >= 11 is 1.38.